The molecule has 1 aliphatic carbocycles. The summed E-state index contributed by atoms with van der Waals surface area (Å²) in [6.45, 7) is 4.62. The van der Waals surface area contributed by atoms with Gasteiger partial charge in [-0.15, -0.1) is 0 Å². The fourth-order valence-corrected chi connectivity index (χ4v) is 3.16. The van der Waals surface area contributed by atoms with Gasteiger partial charge in [-0.25, -0.2) is 4.98 Å². The quantitative estimate of drug-likeness (QED) is 0.797. The van der Waals surface area contributed by atoms with Gasteiger partial charge in [-0.3, -0.25) is 0 Å². The lowest BCUT2D eigenvalue weighted by atomic mass is 9.78. The second kappa shape index (κ2) is 5.57. The van der Waals surface area contributed by atoms with Crippen LogP contribution < -0.4 is 5.32 Å². The van der Waals surface area contributed by atoms with Crippen molar-refractivity contribution in [2.75, 3.05) is 5.32 Å². The second-order valence-corrected chi connectivity index (χ2v) is 6.32. The highest BCUT2D eigenvalue weighted by molar-refractivity contribution is 9.10. The first-order valence-corrected chi connectivity index (χ1v) is 7.32. The number of aromatic nitrogens is 1. The molecule has 0 spiro atoms. The fourth-order valence-electron chi connectivity index (χ4n) is 2.67. The van der Waals surface area contributed by atoms with Crippen molar-refractivity contribution in [1.29, 1.82) is 0 Å². The van der Waals surface area contributed by atoms with Crippen LogP contribution in [0.2, 0.25) is 5.15 Å². The summed E-state index contributed by atoms with van der Waals surface area (Å²) >= 11 is 9.55. The molecule has 1 heterocycles. The highest BCUT2D eigenvalue weighted by atomic mass is 79.9. The van der Waals surface area contributed by atoms with Gasteiger partial charge in [-0.1, -0.05) is 31.9 Å². The van der Waals surface area contributed by atoms with E-state index in [4.69, 9.17) is 11.6 Å². The second-order valence-electron chi connectivity index (χ2n) is 5.05. The Balaban J connectivity index is 2.16. The number of rotatable bonds is 2. The lowest BCUT2D eigenvalue weighted by Crippen LogP contribution is -2.37. The van der Waals surface area contributed by atoms with Gasteiger partial charge in [0, 0.05) is 16.7 Å². The van der Waals surface area contributed by atoms with Crippen LogP contribution in [0.4, 0.5) is 5.69 Å². The Labute approximate surface area is 116 Å². The standard InChI is InChI=1S/C13H18BrClN2/c1-8-4-3-5-9(2)12(8)17-11-6-10(14)7-16-13(11)15/h6-9,12,17H,3-5H2,1-2H3. The van der Waals surface area contributed by atoms with Crippen molar-refractivity contribution < 1.29 is 0 Å². The van der Waals surface area contributed by atoms with Crippen molar-refractivity contribution in [3.8, 4) is 0 Å². The molecule has 0 radical (unpaired) electrons. The monoisotopic (exact) mass is 316 g/mol. The van der Waals surface area contributed by atoms with Gasteiger partial charge in [0.25, 0.3) is 0 Å². The minimum Gasteiger partial charge on any atom is -0.379 e. The third-order valence-electron chi connectivity index (χ3n) is 3.67. The first-order valence-electron chi connectivity index (χ1n) is 6.15. The third kappa shape index (κ3) is 3.14. The first kappa shape index (κ1) is 13.2. The van der Waals surface area contributed by atoms with E-state index in [1.54, 1.807) is 6.20 Å². The van der Waals surface area contributed by atoms with Crippen molar-refractivity contribution in [3.63, 3.8) is 0 Å². The van der Waals surface area contributed by atoms with Crippen LogP contribution in [0.1, 0.15) is 33.1 Å². The Morgan fingerprint density at radius 1 is 1.35 bits per heavy atom. The molecule has 1 aromatic rings. The van der Waals surface area contributed by atoms with Crippen LogP contribution in [-0.2, 0) is 0 Å². The Bertz CT molecular complexity index is 387. The zero-order valence-corrected chi connectivity index (χ0v) is 12.6. The van der Waals surface area contributed by atoms with Gasteiger partial charge >= 0.3 is 0 Å². The smallest absolute Gasteiger partial charge is 0.152 e. The van der Waals surface area contributed by atoms with E-state index >= 15 is 0 Å². The van der Waals surface area contributed by atoms with Crippen LogP contribution in [0.25, 0.3) is 0 Å². The molecule has 2 nitrogen and oxygen atoms in total. The molecule has 0 aromatic carbocycles. The van der Waals surface area contributed by atoms with E-state index < -0.39 is 0 Å². The summed E-state index contributed by atoms with van der Waals surface area (Å²) in [6.07, 6.45) is 5.65. The zero-order chi connectivity index (χ0) is 12.4. The Morgan fingerprint density at radius 2 is 2.00 bits per heavy atom. The van der Waals surface area contributed by atoms with E-state index in [1.807, 2.05) is 6.07 Å². The van der Waals surface area contributed by atoms with Crippen LogP contribution in [0, 0.1) is 11.8 Å². The van der Waals surface area contributed by atoms with Gasteiger partial charge in [-0.2, -0.15) is 0 Å². The van der Waals surface area contributed by atoms with E-state index in [-0.39, 0.29) is 0 Å². The normalized spacial score (nSPS) is 29.1. The molecule has 1 aliphatic rings. The lowest BCUT2D eigenvalue weighted by Gasteiger charge is -2.36. The van der Waals surface area contributed by atoms with Crippen molar-refractivity contribution in [3.05, 3.63) is 21.9 Å². The maximum Gasteiger partial charge on any atom is 0.152 e. The zero-order valence-electron chi connectivity index (χ0n) is 10.2. The molecule has 2 unspecified atom stereocenters. The number of nitrogens with zero attached hydrogens (tertiary/aromatic N) is 1. The molecule has 0 saturated heterocycles. The molecule has 0 amide bonds. The summed E-state index contributed by atoms with van der Waals surface area (Å²) in [5, 5.41) is 4.12. The summed E-state index contributed by atoms with van der Waals surface area (Å²) in [4.78, 5) is 4.15. The minimum atomic E-state index is 0.498. The molecular formula is C13H18BrClN2. The van der Waals surface area contributed by atoms with Gasteiger partial charge in [0.2, 0.25) is 0 Å². The SMILES string of the molecule is CC1CCCC(C)C1Nc1cc(Br)cnc1Cl. The van der Waals surface area contributed by atoms with E-state index in [1.165, 1.54) is 19.3 Å². The fraction of sp³-hybridized carbons (Fsp3) is 0.615. The van der Waals surface area contributed by atoms with Gasteiger partial charge < -0.3 is 5.32 Å². The summed E-state index contributed by atoms with van der Waals surface area (Å²) in [5.74, 6) is 1.38. The predicted molar refractivity (Wildman–Crippen MR) is 76.5 cm³/mol. The molecule has 1 fully saturated rings. The molecule has 17 heavy (non-hydrogen) atoms. The number of halogens is 2. The maximum atomic E-state index is 6.12. The molecule has 0 bridgehead atoms. The summed E-state index contributed by atoms with van der Waals surface area (Å²) in [5.41, 5.74) is 0.937. The number of pyridine rings is 1. The van der Waals surface area contributed by atoms with Gasteiger partial charge in [0.1, 0.15) is 0 Å². The van der Waals surface area contributed by atoms with E-state index in [2.05, 4.69) is 40.1 Å². The van der Waals surface area contributed by atoms with Crippen molar-refractivity contribution in [2.45, 2.75) is 39.2 Å². The molecule has 1 N–H and O–H groups in total. The number of nitrogens with one attached hydrogen (secondary N) is 1. The van der Waals surface area contributed by atoms with Crippen LogP contribution >= 0.6 is 27.5 Å². The Hall–Kier alpha value is -0.280. The van der Waals surface area contributed by atoms with Crippen molar-refractivity contribution in [1.82, 2.24) is 4.98 Å². The summed E-state index contributed by atoms with van der Waals surface area (Å²) in [7, 11) is 0. The van der Waals surface area contributed by atoms with Gasteiger partial charge in [-0.05, 0) is 46.7 Å². The molecule has 2 rings (SSSR count). The molecule has 1 aromatic heterocycles. The molecule has 0 aliphatic heterocycles. The van der Waals surface area contributed by atoms with Crippen LogP contribution in [-0.4, -0.2) is 11.0 Å². The van der Waals surface area contributed by atoms with Crippen LogP contribution in [0.5, 0.6) is 0 Å². The molecule has 1 saturated carbocycles. The van der Waals surface area contributed by atoms with Gasteiger partial charge in [0.05, 0.1) is 5.69 Å². The van der Waals surface area contributed by atoms with E-state index in [9.17, 15) is 0 Å². The van der Waals surface area contributed by atoms with Crippen molar-refractivity contribution >= 4 is 33.2 Å². The summed E-state index contributed by atoms with van der Waals surface area (Å²) < 4.78 is 0.959. The lowest BCUT2D eigenvalue weighted by molar-refractivity contribution is 0.268. The Morgan fingerprint density at radius 3 is 2.65 bits per heavy atom. The largest absolute Gasteiger partial charge is 0.379 e. The van der Waals surface area contributed by atoms with Crippen LogP contribution in [0.3, 0.4) is 0 Å². The molecule has 2 atom stereocenters. The predicted octanol–water partition coefficient (Wildman–Crippen LogP) is 4.73. The number of anilines is 1. The first-order chi connectivity index (χ1) is 8.08. The third-order valence-corrected chi connectivity index (χ3v) is 4.41. The molecule has 94 valence electrons. The highest BCUT2D eigenvalue weighted by Gasteiger charge is 2.28. The number of hydrogen-bond donors (Lipinski definition) is 1. The van der Waals surface area contributed by atoms with E-state index in [0.29, 0.717) is 23.0 Å². The van der Waals surface area contributed by atoms with E-state index in [0.717, 1.165) is 10.2 Å². The maximum absolute atomic E-state index is 6.12. The van der Waals surface area contributed by atoms with Gasteiger partial charge in [0.15, 0.2) is 5.15 Å². The minimum absolute atomic E-state index is 0.498. The molecular weight excluding hydrogens is 300 g/mol. The molecule has 4 heteroatoms. The topological polar surface area (TPSA) is 24.9 Å². The average molecular weight is 318 g/mol. The van der Waals surface area contributed by atoms with Crippen molar-refractivity contribution in [2.24, 2.45) is 11.8 Å². The van der Waals surface area contributed by atoms with Crippen LogP contribution in [0.15, 0.2) is 16.7 Å². The Kier molecular flexibility index (Phi) is 4.31. The summed E-state index contributed by atoms with van der Waals surface area (Å²) in [6, 6.07) is 2.50. The average Bonchev–Trinajstić information content (AvgIpc) is 2.28. The highest BCUT2D eigenvalue weighted by Crippen LogP contribution is 2.33. The number of hydrogen-bond acceptors (Lipinski definition) is 2.